The van der Waals surface area contributed by atoms with E-state index in [0.29, 0.717) is 52.2 Å². The van der Waals surface area contributed by atoms with Crippen molar-refractivity contribution < 1.29 is 27.8 Å². The Morgan fingerprint density at radius 2 is 2.02 bits per heavy atom. The average molecular weight is 575 g/mol. The molecule has 216 valence electrons. The van der Waals surface area contributed by atoms with Gasteiger partial charge in [0.15, 0.2) is 11.8 Å². The molecule has 0 spiro atoms. The van der Waals surface area contributed by atoms with Crippen molar-refractivity contribution in [2.45, 2.75) is 82.8 Å². The van der Waals surface area contributed by atoms with Crippen molar-refractivity contribution in [3.63, 3.8) is 0 Å². The van der Waals surface area contributed by atoms with Crippen molar-refractivity contribution in [3.8, 4) is 27.8 Å². The molecule has 2 aliphatic rings. The Kier molecular flexibility index (Phi) is 7.24. The molecule has 4 atom stereocenters. The van der Waals surface area contributed by atoms with Crippen molar-refractivity contribution in [2.24, 2.45) is 0 Å². The highest BCUT2D eigenvalue weighted by atomic mass is 32.1. The first-order valence-electron chi connectivity index (χ1n) is 13.1. The third-order valence-electron chi connectivity index (χ3n) is 7.74. The van der Waals surface area contributed by atoms with E-state index in [1.807, 2.05) is 58.7 Å². The number of fused-ring (bicyclic) bond motifs is 2. The van der Waals surface area contributed by atoms with Gasteiger partial charge >= 0.3 is 6.09 Å². The van der Waals surface area contributed by atoms with Crippen LogP contribution in [0.15, 0.2) is 29.0 Å². The van der Waals surface area contributed by atoms with E-state index in [-0.39, 0.29) is 6.79 Å². The molecule has 0 saturated carbocycles. The Labute approximate surface area is 236 Å². The Morgan fingerprint density at radius 1 is 1.25 bits per heavy atom. The zero-order chi connectivity index (χ0) is 28.9. The van der Waals surface area contributed by atoms with E-state index < -0.39 is 35.0 Å². The van der Waals surface area contributed by atoms with Gasteiger partial charge in [-0.3, -0.25) is 4.90 Å². The average Bonchev–Trinajstić information content (AvgIpc) is 3.63. The van der Waals surface area contributed by atoms with Crippen molar-refractivity contribution in [1.29, 1.82) is 0 Å². The van der Waals surface area contributed by atoms with Gasteiger partial charge in [-0.25, -0.2) is 9.18 Å². The van der Waals surface area contributed by atoms with Crippen LogP contribution < -0.4 is 9.64 Å². The van der Waals surface area contributed by atoms with E-state index in [9.17, 15) is 4.79 Å². The monoisotopic (exact) mass is 574 g/mol. The van der Waals surface area contributed by atoms with Gasteiger partial charge in [-0.1, -0.05) is 11.3 Å². The highest BCUT2D eigenvalue weighted by molar-refractivity contribution is 7.18. The molecule has 0 N–H and O–H groups in total. The molecule has 2 fully saturated rings. The van der Waals surface area contributed by atoms with Crippen molar-refractivity contribution in [1.82, 2.24) is 25.3 Å². The first kappa shape index (κ1) is 28.2. The number of nitrogens with zero attached hydrogens (tertiary/aromatic N) is 6. The number of alkyl halides is 1. The molecule has 2 aliphatic heterocycles. The largest absolute Gasteiger partial charge is 0.467 e. The Hall–Kier alpha value is -3.32. The van der Waals surface area contributed by atoms with Gasteiger partial charge < -0.3 is 23.5 Å². The van der Waals surface area contributed by atoms with Gasteiger partial charge in [0.25, 0.3) is 0 Å². The van der Waals surface area contributed by atoms with Crippen LogP contribution in [0.2, 0.25) is 0 Å². The number of methoxy groups -OCH3 is 1. The van der Waals surface area contributed by atoms with E-state index in [1.54, 1.807) is 11.0 Å². The van der Waals surface area contributed by atoms with Gasteiger partial charge in [-0.15, -0.1) is 20.4 Å². The lowest BCUT2D eigenvalue weighted by molar-refractivity contribution is -0.0661. The zero-order valence-corrected chi connectivity index (χ0v) is 24.6. The molecule has 40 heavy (non-hydrogen) atoms. The number of amides is 1. The maximum Gasteiger partial charge on any atom is 0.411 e. The molecule has 0 aliphatic carbocycles. The van der Waals surface area contributed by atoms with Crippen LogP contribution in [0.4, 0.5) is 14.3 Å². The summed E-state index contributed by atoms with van der Waals surface area (Å²) in [5.74, 6) is 0.866. The molecule has 2 saturated heterocycles. The topological polar surface area (TPSA) is 116 Å². The molecular weight excluding hydrogens is 539 g/mol. The van der Waals surface area contributed by atoms with Crippen LogP contribution in [0, 0.1) is 0 Å². The van der Waals surface area contributed by atoms with Crippen molar-refractivity contribution in [2.75, 3.05) is 25.9 Å². The summed E-state index contributed by atoms with van der Waals surface area (Å²) in [4.78, 5) is 16.7. The lowest BCUT2D eigenvalue weighted by Gasteiger charge is -2.54. The fraction of sp³-hybridized carbons (Fsp3) is 0.593. The number of benzene rings is 1. The number of carbonyl (C=O) groups excluding carboxylic acids is 1. The summed E-state index contributed by atoms with van der Waals surface area (Å²) in [5.41, 5.74) is -0.817. The molecule has 1 amide bonds. The van der Waals surface area contributed by atoms with Gasteiger partial charge in [0.1, 0.15) is 17.5 Å². The fourth-order valence-corrected chi connectivity index (χ4v) is 6.73. The summed E-state index contributed by atoms with van der Waals surface area (Å²) < 4.78 is 38.3. The van der Waals surface area contributed by atoms with E-state index in [0.717, 1.165) is 0 Å². The number of rotatable bonds is 7. The van der Waals surface area contributed by atoms with Crippen LogP contribution in [-0.4, -0.2) is 81.2 Å². The van der Waals surface area contributed by atoms with Gasteiger partial charge in [0, 0.05) is 25.3 Å². The molecule has 0 unspecified atom stereocenters. The zero-order valence-electron chi connectivity index (χ0n) is 23.8. The van der Waals surface area contributed by atoms with Crippen molar-refractivity contribution in [3.05, 3.63) is 24.6 Å². The predicted molar refractivity (Wildman–Crippen MR) is 147 cm³/mol. The highest BCUT2D eigenvalue weighted by Gasteiger charge is 2.64. The number of piperidine rings is 1. The second-order valence-corrected chi connectivity index (χ2v) is 12.8. The molecule has 5 rings (SSSR count). The van der Waals surface area contributed by atoms with Crippen molar-refractivity contribution >= 4 is 22.6 Å². The minimum absolute atomic E-state index is 0.0305. The highest BCUT2D eigenvalue weighted by Crippen LogP contribution is 2.53. The quantitative estimate of drug-likeness (QED) is 0.343. The third-order valence-corrected chi connectivity index (χ3v) is 8.79. The minimum atomic E-state index is -1.32. The van der Waals surface area contributed by atoms with Crippen LogP contribution >= 0.6 is 11.3 Å². The summed E-state index contributed by atoms with van der Waals surface area (Å²) >= 11 is 1.34. The first-order chi connectivity index (χ1) is 18.9. The number of hydrogen-bond donors (Lipinski definition) is 0. The second-order valence-electron chi connectivity index (χ2n) is 11.8. The standard InChI is InChI=1S/C27H35FN6O5S/c1-25(2,3)39-24(35)34-26(4)10-11-27(34,5)20(28)18(13-26)33(6)23-32-31-22(40-23)17-9-8-16(21-30-29-14-37-21)12-19(17)38-15-36-7/h8-9,12,14,18,20H,10-11,13,15H2,1-7H3/t18-,20-,26-,27+/m1/s1. The normalized spacial score (nSPS) is 26.1. The summed E-state index contributed by atoms with van der Waals surface area (Å²) in [5, 5.41) is 17.7. The molecule has 2 bridgehead atoms. The van der Waals surface area contributed by atoms with Gasteiger partial charge in [-0.2, -0.15) is 0 Å². The van der Waals surface area contributed by atoms with Crippen LogP contribution in [-0.2, 0) is 9.47 Å². The lowest BCUT2D eigenvalue weighted by atomic mass is 9.80. The van der Waals surface area contributed by atoms with Gasteiger partial charge in [0.05, 0.1) is 17.1 Å². The summed E-state index contributed by atoms with van der Waals surface area (Å²) in [6.07, 6.45) is 1.17. The SMILES string of the molecule is COCOc1cc(-c2nnco2)ccc1-c1nnc(N(C)[C@@H]2C[C@@]3(C)CC[C@@](C)([C@@H]2F)N3C(=O)OC(C)(C)C)s1. The number of aromatic nitrogens is 4. The molecule has 11 nitrogen and oxygen atoms in total. The summed E-state index contributed by atoms with van der Waals surface area (Å²) in [6.45, 7) is 9.34. The number of hydrogen-bond acceptors (Lipinski definition) is 11. The van der Waals surface area contributed by atoms with Crippen LogP contribution in [0.3, 0.4) is 0 Å². The Balaban J connectivity index is 1.41. The van der Waals surface area contributed by atoms with Gasteiger partial charge in [-0.05, 0) is 72.1 Å². The predicted octanol–water partition coefficient (Wildman–Crippen LogP) is 5.33. The number of anilines is 1. The van der Waals surface area contributed by atoms with E-state index in [1.165, 1.54) is 24.8 Å². The molecular formula is C27H35FN6O5S. The maximum atomic E-state index is 16.4. The molecule has 0 radical (unpaired) electrons. The molecule has 2 aromatic heterocycles. The lowest BCUT2D eigenvalue weighted by Crippen LogP contribution is -2.69. The molecule has 4 heterocycles. The van der Waals surface area contributed by atoms with E-state index >= 15 is 4.39 Å². The minimum Gasteiger partial charge on any atom is -0.467 e. The number of halogens is 1. The first-order valence-corrected chi connectivity index (χ1v) is 13.9. The van der Waals surface area contributed by atoms with Gasteiger partial charge in [0.2, 0.25) is 17.4 Å². The Morgan fingerprint density at radius 3 is 2.70 bits per heavy atom. The fourth-order valence-electron chi connectivity index (χ4n) is 5.84. The summed E-state index contributed by atoms with van der Waals surface area (Å²) in [6, 6.07) is 4.95. The van der Waals surface area contributed by atoms with E-state index in [4.69, 9.17) is 18.6 Å². The molecule has 3 aromatic rings. The third kappa shape index (κ3) is 5.00. The van der Waals surface area contributed by atoms with Crippen LogP contribution in [0.25, 0.3) is 22.0 Å². The molecule has 13 heteroatoms. The second kappa shape index (κ2) is 10.3. The maximum absolute atomic E-state index is 16.4. The number of ether oxygens (including phenoxy) is 3. The number of carbonyl (C=O) groups is 1. The van der Waals surface area contributed by atoms with Crippen LogP contribution in [0.1, 0.15) is 53.9 Å². The molecule has 1 aromatic carbocycles. The summed E-state index contributed by atoms with van der Waals surface area (Å²) in [7, 11) is 3.37. The van der Waals surface area contributed by atoms with E-state index in [2.05, 4.69) is 20.4 Å². The Bertz CT molecular complexity index is 1360. The van der Waals surface area contributed by atoms with Crippen LogP contribution in [0.5, 0.6) is 5.75 Å². The smallest absolute Gasteiger partial charge is 0.411 e.